The number of carbonyl (C=O) groups excluding carboxylic acids is 1. The van der Waals surface area contributed by atoms with E-state index < -0.39 is 5.60 Å². The highest BCUT2D eigenvalue weighted by Gasteiger charge is 2.28. The van der Waals surface area contributed by atoms with E-state index >= 15 is 0 Å². The van der Waals surface area contributed by atoms with Crippen molar-refractivity contribution >= 4 is 43.7 Å². The molecule has 3 aromatic heterocycles. The summed E-state index contributed by atoms with van der Waals surface area (Å²) < 4.78 is 6.61. The van der Waals surface area contributed by atoms with Crippen molar-refractivity contribution in [3.8, 4) is 0 Å². The molecule has 0 aliphatic carbocycles. The van der Waals surface area contributed by atoms with Crippen molar-refractivity contribution in [3.05, 3.63) is 17.3 Å². The van der Waals surface area contributed by atoms with Gasteiger partial charge in [0, 0.05) is 33.1 Å². The molecule has 0 bridgehead atoms. The smallest absolute Gasteiger partial charge is 0.410 e. The van der Waals surface area contributed by atoms with E-state index in [4.69, 9.17) is 4.74 Å². The summed E-state index contributed by atoms with van der Waals surface area (Å²) in [5.41, 5.74) is 2.79. The highest BCUT2D eigenvalue weighted by atomic mass is 32.1. The maximum absolute atomic E-state index is 12.4. The predicted octanol–water partition coefficient (Wildman–Crippen LogP) is 6.12. The zero-order valence-electron chi connectivity index (χ0n) is 19.0. The maximum atomic E-state index is 12.4. The summed E-state index contributed by atoms with van der Waals surface area (Å²) in [6.45, 7) is 15.2. The van der Waals surface area contributed by atoms with Crippen LogP contribution in [0.4, 0.5) is 10.6 Å². The Morgan fingerprint density at radius 2 is 2.10 bits per heavy atom. The van der Waals surface area contributed by atoms with Gasteiger partial charge in [0.15, 0.2) is 5.82 Å². The van der Waals surface area contributed by atoms with E-state index in [1.807, 2.05) is 41.5 Å². The number of pyridine rings is 1. The number of nitrogens with zero attached hydrogens (tertiary/aromatic N) is 3. The Balaban J connectivity index is 0.00000125. The molecule has 8 heteroatoms. The van der Waals surface area contributed by atoms with Crippen LogP contribution in [0, 0.1) is 13.8 Å². The van der Waals surface area contributed by atoms with E-state index in [0.29, 0.717) is 6.54 Å². The van der Waals surface area contributed by atoms with E-state index in [2.05, 4.69) is 33.5 Å². The summed E-state index contributed by atoms with van der Waals surface area (Å²) in [6, 6.07) is 2.25. The molecule has 0 spiro atoms. The van der Waals surface area contributed by atoms with Crippen LogP contribution >= 0.6 is 11.3 Å². The molecule has 0 aromatic carbocycles. The van der Waals surface area contributed by atoms with E-state index in [0.717, 1.165) is 51.3 Å². The number of aromatic nitrogens is 3. The Hall–Kier alpha value is -2.35. The van der Waals surface area contributed by atoms with E-state index in [1.54, 1.807) is 16.2 Å². The molecule has 1 amide bonds. The van der Waals surface area contributed by atoms with E-state index in [1.165, 1.54) is 5.56 Å². The first-order valence-corrected chi connectivity index (χ1v) is 11.5. The van der Waals surface area contributed by atoms with Crippen molar-refractivity contribution in [1.29, 1.82) is 0 Å². The summed E-state index contributed by atoms with van der Waals surface area (Å²) in [4.78, 5) is 19.9. The van der Waals surface area contributed by atoms with Crippen molar-refractivity contribution in [3.63, 3.8) is 0 Å². The Labute approximate surface area is 185 Å². The number of thiophene rings is 1. The molecule has 2 N–H and O–H groups in total. The monoisotopic (exact) mass is 435 g/mol. The normalized spacial score (nSPS) is 17.0. The number of H-pyrrole nitrogens is 1. The minimum Gasteiger partial charge on any atom is -0.444 e. The molecule has 1 fully saturated rings. The molecule has 0 saturated carbocycles. The quantitative estimate of drug-likeness (QED) is 0.507. The minimum atomic E-state index is -0.480. The van der Waals surface area contributed by atoms with Crippen LogP contribution in [-0.4, -0.2) is 50.9 Å². The molecule has 7 nitrogen and oxygen atoms in total. The third kappa shape index (κ3) is 4.69. The van der Waals surface area contributed by atoms with Crippen LogP contribution in [0.2, 0.25) is 0 Å². The van der Waals surface area contributed by atoms with Gasteiger partial charge >= 0.3 is 6.09 Å². The number of likely N-dealkylation sites (tertiary alicyclic amines) is 1. The van der Waals surface area contributed by atoms with Gasteiger partial charge in [0.05, 0.1) is 10.2 Å². The van der Waals surface area contributed by atoms with Crippen molar-refractivity contribution in [2.75, 3.05) is 18.4 Å². The average Bonchev–Trinajstić information content (AvgIpc) is 3.21. The van der Waals surface area contributed by atoms with Crippen molar-refractivity contribution in [2.45, 2.75) is 73.0 Å². The second-order valence-corrected chi connectivity index (χ2v) is 9.55. The number of hydrogen-bond donors (Lipinski definition) is 2. The third-order valence-corrected chi connectivity index (χ3v) is 5.99. The lowest BCUT2D eigenvalue weighted by molar-refractivity contribution is 0.0206. The van der Waals surface area contributed by atoms with Gasteiger partial charge in [-0.2, -0.15) is 5.10 Å². The SMILES string of the molecule is CC.Cc1cc(C)c2c(n1)sc1c(NC3CCCN(C(=O)OC(C)(C)C)C3)n[nH]c12.[HH].[HH]. The summed E-state index contributed by atoms with van der Waals surface area (Å²) in [5, 5.41) is 12.4. The molecule has 30 heavy (non-hydrogen) atoms. The van der Waals surface area contributed by atoms with Crippen LogP contribution in [0.3, 0.4) is 0 Å². The fraction of sp³-hybridized carbons (Fsp3) is 0.591. The third-order valence-electron chi connectivity index (χ3n) is 4.90. The number of hydrogen-bond acceptors (Lipinski definition) is 6. The van der Waals surface area contributed by atoms with Gasteiger partial charge in [-0.3, -0.25) is 5.10 Å². The predicted molar refractivity (Wildman–Crippen MR) is 129 cm³/mol. The average molecular weight is 436 g/mol. The molecular weight excluding hydrogens is 398 g/mol. The molecule has 168 valence electrons. The molecule has 1 saturated heterocycles. The van der Waals surface area contributed by atoms with Gasteiger partial charge in [-0.1, -0.05) is 13.8 Å². The van der Waals surface area contributed by atoms with Gasteiger partial charge in [-0.15, -0.1) is 11.3 Å². The Morgan fingerprint density at radius 1 is 1.37 bits per heavy atom. The molecule has 3 aromatic rings. The number of amides is 1. The molecule has 1 aliphatic rings. The van der Waals surface area contributed by atoms with Gasteiger partial charge in [0.1, 0.15) is 10.4 Å². The molecule has 1 atom stereocenters. The van der Waals surface area contributed by atoms with Gasteiger partial charge < -0.3 is 15.0 Å². The van der Waals surface area contributed by atoms with Crippen molar-refractivity contribution in [2.24, 2.45) is 0 Å². The number of fused-ring (bicyclic) bond motifs is 3. The highest BCUT2D eigenvalue weighted by molar-refractivity contribution is 7.26. The summed E-state index contributed by atoms with van der Waals surface area (Å²) in [7, 11) is 0. The first-order chi connectivity index (χ1) is 14.2. The minimum absolute atomic E-state index is 0. The number of ether oxygens (including phenoxy) is 1. The molecule has 0 radical (unpaired) electrons. The van der Waals surface area contributed by atoms with Crippen LogP contribution in [0.15, 0.2) is 6.07 Å². The first kappa shape index (κ1) is 22.3. The number of nitrogens with one attached hydrogen (secondary N) is 2. The second-order valence-electron chi connectivity index (χ2n) is 8.55. The van der Waals surface area contributed by atoms with Crippen molar-refractivity contribution in [1.82, 2.24) is 20.1 Å². The van der Waals surface area contributed by atoms with Gasteiger partial charge in [-0.05, 0) is 59.1 Å². The first-order valence-electron chi connectivity index (χ1n) is 10.7. The zero-order chi connectivity index (χ0) is 22.1. The lowest BCUT2D eigenvalue weighted by atomic mass is 10.1. The Bertz CT molecular complexity index is 1040. The molecule has 1 aliphatic heterocycles. The number of carbonyl (C=O) groups is 1. The van der Waals surface area contributed by atoms with E-state index in [-0.39, 0.29) is 15.0 Å². The molecule has 4 heterocycles. The van der Waals surface area contributed by atoms with Gasteiger partial charge in [0.25, 0.3) is 0 Å². The topological polar surface area (TPSA) is 83.1 Å². The van der Waals surface area contributed by atoms with Crippen LogP contribution in [0.1, 0.15) is 61.6 Å². The Morgan fingerprint density at radius 3 is 2.80 bits per heavy atom. The summed E-state index contributed by atoms with van der Waals surface area (Å²) in [5.74, 6) is 0.839. The maximum Gasteiger partial charge on any atom is 0.410 e. The second kappa shape index (κ2) is 8.79. The molecule has 1 unspecified atom stereocenters. The lowest BCUT2D eigenvalue weighted by Crippen LogP contribution is -2.47. The molecule has 4 rings (SSSR count). The molecular formula is C22H37N5O2S. The van der Waals surface area contributed by atoms with Crippen LogP contribution < -0.4 is 5.32 Å². The highest BCUT2D eigenvalue weighted by Crippen LogP contribution is 2.38. The largest absolute Gasteiger partial charge is 0.444 e. The summed E-state index contributed by atoms with van der Waals surface area (Å²) in [6.07, 6.45) is 1.69. The van der Waals surface area contributed by atoms with E-state index in [9.17, 15) is 4.79 Å². The number of piperidine rings is 1. The van der Waals surface area contributed by atoms with Gasteiger partial charge in [0.2, 0.25) is 0 Å². The fourth-order valence-corrected chi connectivity index (χ4v) is 4.96. The number of rotatable bonds is 2. The Kier molecular flexibility index (Phi) is 6.55. The fourth-order valence-electron chi connectivity index (χ4n) is 3.76. The summed E-state index contributed by atoms with van der Waals surface area (Å²) >= 11 is 1.65. The zero-order valence-corrected chi connectivity index (χ0v) is 19.9. The number of anilines is 1. The number of aryl methyl sites for hydroxylation is 2. The number of aromatic amines is 1. The van der Waals surface area contributed by atoms with Crippen LogP contribution in [0.25, 0.3) is 20.4 Å². The van der Waals surface area contributed by atoms with Gasteiger partial charge in [-0.25, -0.2) is 9.78 Å². The van der Waals surface area contributed by atoms with Crippen LogP contribution in [0.5, 0.6) is 0 Å². The van der Waals surface area contributed by atoms with Crippen molar-refractivity contribution < 1.29 is 12.4 Å². The van der Waals surface area contributed by atoms with Crippen LogP contribution in [-0.2, 0) is 4.74 Å². The lowest BCUT2D eigenvalue weighted by Gasteiger charge is -2.34. The standard InChI is InChI=1S/C20H27N5O2S.C2H6.2H2/c1-11-9-12(2)21-18-14(11)15-16(28-18)17(24-23-15)22-13-7-6-8-25(10-13)19(26)27-20(3,4)5;1-2;;/h9,13H,6-8,10H2,1-5H3,(H2,22,23,24);1-2H3;2*1H.